The van der Waals surface area contributed by atoms with Crippen molar-refractivity contribution in [1.82, 2.24) is 0 Å². The Kier molecular flexibility index (Phi) is 22.8. The van der Waals surface area contributed by atoms with Crippen molar-refractivity contribution in [2.75, 3.05) is 28.4 Å². The van der Waals surface area contributed by atoms with E-state index in [0.29, 0.717) is 11.5 Å². The second-order valence-electron chi connectivity index (χ2n) is 16.4. The van der Waals surface area contributed by atoms with Crippen molar-refractivity contribution < 1.29 is 61.1 Å². The van der Waals surface area contributed by atoms with Crippen molar-refractivity contribution in [3.63, 3.8) is 0 Å². The molecule has 0 unspecified atom stereocenters. The molecule has 0 bridgehead atoms. The molecule has 0 amide bonds. The Hall–Kier alpha value is -4.32. The zero-order valence-corrected chi connectivity index (χ0v) is 45.0. The molecule has 0 radical (unpaired) electrons. The summed E-state index contributed by atoms with van der Waals surface area (Å²) in [5.74, 6) is 2.22. The maximum atomic E-state index is 12.6. The SMILES string of the molecule is C=C(C)[C@@H]1CCC(C)=C[C@H]1c1c(OC)cc(CCc2ccccc2)cc1OC.C=C(C)[C@@H]1CCC(C)=C[C@H]1c1c(OC)cc(OS(=O)(=O)C(F)(F)F)cc1OC.[CH2-]Cc1ccccc1.[Zn+][Br]. The van der Waals surface area contributed by atoms with E-state index < -0.39 is 21.4 Å². The van der Waals surface area contributed by atoms with Gasteiger partial charge in [0.1, 0.15) is 28.7 Å². The van der Waals surface area contributed by atoms with Crippen LogP contribution in [-0.4, -0.2) is 42.4 Å². The van der Waals surface area contributed by atoms with E-state index in [1.165, 1.54) is 58.4 Å². The summed E-state index contributed by atoms with van der Waals surface area (Å²) < 4.78 is 87.3. The molecular weight excluding hydrogens is 983 g/mol. The molecule has 0 heterocycles. The molecule has 4 atom stereocenters. The van der Waals surface area contributed by atoms with E-state index in [4.69, 9.17) is 18.9 Å². The van der Waals surface area contributed by atoms with Gasteiger partial charge < -0.3 is 30.1 Å². The first kappa shape index (κ1) is 56.0. The van der Waals surface area contributed by atoms with Gasteiger partial charge in [-0.05, 0) is 101 Å². The number of halogens is 4. The normalized spacial score (nSPS) is 17.9. The van der Waals surface area contributed by atoms with Crippen LogP contribution < -0.4 is 23.1 Å². The molecule has 4 aromatic rings. The molecule has 2 aliphatic carbocycles. The first-order chi connectivity index (χ1) is 31.4. The molecule has 0 aromatic heterocycles. The average Bonchev–Trinajstić information content (AvgIpc) is 3.31. The second-order valence-corrected chi connectivity index (χ2v) is 18.0. The number of ether oxygens (including phenoxy) is 4. The van der Waals surface area contributed by atoms with Crippen molar-refractivity contribution >= 4 is 23.7 Å². The summed E-state index contributed by atoms with van der Waals surface area (Å²) in [5.41, 5.74) is 4.87. The molecule has 0 saturated carbocycles. The molecule has 7 nitrogen and oxygen atoms in total. The van der Waals surface area contributed by atoms with Crippen LogP contribution in [0.3, 0.4) is 0 Å². The number of allylic oxidation sites excluding steroid dienone is 6. The van der Waals surface area contributed by atoms with Crippen LogP contribution in [0.15, 0.2) is 133 Å². The Morgan fingerprint density at radius 2 is 1.03 bits per heavy atom. The fraction of sp³-hybridized carbons (Fsp3) is 0.377. The van der Waals surface area contributed by atoms with Crippen molar-refractivity contribution in [2.45, 2.75) is 90.0 Å². The molecule has 0 aliphatic heterocycles. The van der Waals surface area contributed by atoms with Crippen molar-refractivity contribution in [2.24, 2.45) is 11.8 Å². The van der Waals surface area contributed by atoms with Crippen molar-refractivity contribution in [3.05, 3.63) is 167 Å². The van der Waals surface area contributed by atoms with Crippen LogP contribution in [0.25, 0.3) is 0 Å². The van der Waals surface area contributed by atoms with Crippen LogP contribution in [-0.2, 0) is 45.7 Å². The maximum absolute atomic E-state index is 12.6. The van der Waals surface area contributed by atoms with Crippen LogP contribution in [0.2, 0.25) is 0 Å². The number of hydrogen-bond acceptors (Lipinski definition) is 7. The van der Waals surface area contributed by atoms with Crippen LogP contribution in [0.5, 0.6) is 28.7 Å². The second kappa shape index (κ2) is 26.9. The Balaban J connectivity index is 0.000000290. The van der Waals surface area contributed by atoms with Crippen LogP contribution in [0, 0.1) is 18.8 Å². The third kappa shape index (κ3) is 15.6. The van der Waals surface area contributed by atoms with Gasteiger partial charge in [-0.2, -0.15) is 28.0 Å². The summed E-state index contributed by atoms with van der Waals surface area (Å²) in [5, 5.41) is 0. The van der Waals surface area contributed by atoms with E-state index in [0.717, 1.165) is 85.3 Å². The Morgan fingerprint density at radius 1 is 0.667 bits per heavy atom. The predicted octanol–water partition coefficient (Wildman–Crippen LogP) is 14.4. The van der Waals surface area contributed by atoms with E-state index in [1.54, 1.807) is 14.2 Å². The van der Waals surface area contributed by atoms with Crippen molar-refractivity contribution in [3.8, 4) is 28.7 Å². The minimum atomic E-state index is -5.81. The molecule has 354 valence electrons. The van der Waals surface area contributed by atoms with E-state index >= 15 is 0 Å². The molecule has 0 fully saturated rings. The van der Waals surface area contributed by atoms with E-state index in [9.17, 15) is 21.6 Å². The average molecular weight is 1050 g/mol. The summed E-state index contributed by atoms with van der Waals surface area (Å²) in [4.78, 5) is 0. The summed E-state index contributed by atoms with van der Waals surface area (Å²) in [6, 6.07) is 27.4. The van der Waals surface area contributed by atoms with Gasteiger partial charge in [0.2, 0.25) is 0 Å². The number of alkyl halides is 3. The van der Waals surface area contributed by atoms with Gasteiger partial charge in [-0.15, -0.1) is 0 Å². The summed E-state index contributed by atoms with van der Waals surface area (Å²) in [6.45, 7) is 20.3. The molecule has 4 aromatic carbocycles. The van der Waals surface area contributed by atoms with E-state index in [-0.39, 0.29) is 29.3 Å². The third-order valence-electron chi connectivity index (χ3n) is 11.7. The van der Waals surface area contributed by atoms with Crippen molar-refractivity contribution in [1.29, 1.82) is 0 Å². The van der Waals surface area contributed by atoms with Gasteiger partial charge >= 0.3 is 45.6 Å². The van der Waals surface area contributed by atoms with Crippen LogP contribution in [0.4, 0.5) is 13.2 Å². The molecule has 66 heavy (non-hydrogen) atoms. The summed E-state index contributed by atoms with van der Waals surface area (Å²) >= 11 is 4.25. The van der Waals surface area contributed by atoms with E-state index in [2.05, 4.69) is 118 Å². The van der Waals surface area contributed by atoms with Crippen LogP contribution >= 0.6 is 13.6 Å². The van der Waals surface area contributed by atoms with Gasteiger partial charge in [0.25, 0.3) is 0 Å². The van der Waals surface area contributed by atoms with Gasteiger partial charge in [-0.3, -0.25) is 0 Å². The van der Waals surface area contributed by atoms with Gasteiger partial charge in [0.05, 0.1) is 28.4 Å². The fourth-order valence-electron chi connectivity index (χ4n) is 8.32. The number of methoxy groups -OCH3 is 4. The first-order valence-electron chi connectivity index (χ1n) is 21.7. The molecule has 0 spiro atoms. The fourth-order valence-corrected chi connectivity index (χ4v) is 8.77. The molecular formula is C53H64BrF3O7SZn. The first-order valence-corrected chi connectivity index (χ1v) is 30.0. The minimum absolute atomic E-state index is 0.0807. The monoisotopic (exact) mass is 1040 g/mol. The summed E-state index contributed by atoms with van der Waals surface area (Å²) in [7, 11) is 0.394. The Morgan fingerprint density at radius 3 is 1.36 bits per heavy atom. The number of aryl methyl sites for hydroxylation is 2. The number of rotatable bonds is 14. The van der Waals surface area contributed by atoms with E-state index in [1.807, 2.05) is 32.0 Å². The van der Waals surface area contributed by atoms with Gasteiger partial charge in [0, 0.05) is 35.1 Å². The van der Waals surface area contributed by atoms with Crippen LogP contribution in [0.1, 0.15) is 93.0 Å². The molecule has 6 rings (SSSR count). The summed E-state index contributed by atoms with van der Waals surface area (Å²) in [6.07, 6.45) is 11.3. The zero-order chi connectivity index (χ0) is 49.2. The Labute approximate surface area is 408 Å². The molecule has 2 aliphatic rings. The molecule has 0 saturated heterocycles. The molecule has 0 N–H and O–H groups in total. The van der Waals surface area contributed by atoms with Gasteiger partial charge in [-0.25, -0.2) is 0 Å². The third-order valence-corrected chi connectivity index (χ3v) is 12.7. The zero-order valence-electron chi connectivity index (χ0n) is 39.6. The van der Waals surface area contributed by atoms with Gasteiger partial charge in [-0.1, -0.05) is 114 Å². The predicted molar refractivity (Wildman–Crippen MR) is 261 cm³/mol. The van der Waals surface area contributed by atoms with Gasteiger partial charge in [0.15, 0.2) is 0 Å². The standard InChI is InChI=1S/C26H32O2.C19H23F3O5S.C8H9.BrH.Zn/c1-18(2)22-14-11-19(3)15-23(22)26-24(27-4)16-21(17-25(26)28-5)13-12-20-9-7-6-8-10-20;1-11(2)14-7-6-12(3)8-15(14)18-16(25-4)9-13(10-17(18)26-5)27-28(23,24)19(20,21)22;1-2-8-6-4-3-5-7-8;;/h6-10,15-17,22-23H,1,11-14H2,2-5H3;8-10,14-15H,1,6-7H2,2-5H3;3-7H,1-2H2;1H;/q;;-1;;+2/p-1/t22-,23+;14-,15+;;;/m00.../s1. The number of hydrogen-bond donors (Lipinski definition) is 0. The Bertz CT molecular complexity index is 2320. The molecule has 13 heteroatoms. The number of benzene rings is 4. The topological polar surface area (TPSA) is 80.3 Å². The quantitative estimate of drug-likeness (QED) is 0.0409.